The zero-order chi connectivity index (χ0) is 18.0. The Hall–Kier alpha value is -1.43. The summed E-state index contributed by atoms with van der Waals surface area (Å²) in [7, 11) is -1.46. The van der Waals surface area contributed by atoms with E-state index in [2.05, 4.69) is 10.3 Å². The lowest BCUT2D eigenvalue weighted by molar-refractivity contribution is -0.384. The third-order valence-electron chi connectivity index (χ3n) is 4.15. The molecule has 0 unspecified atom stereocenters. The van der Waals surface area contributed by atoms with E-state index >= 15 is 0 Å². The molecule has 1 fully saturated rings. The fourth-order valence-corrected chi connectivity index (χ4v) is 3.94. The lowest BCUT2D eigenvalue weighted by Gasteiger charge is -2.39. The first-order valence-corrected chi connectivity index (χ1v) is 9.23. The molecule has 0 bridgehead atoms. The number of benzene rings is 1. The summed E-state index contributed by atoms with van der Waals surface area (Å²) in [6.45, 7) is 4.66. The number of aliphatic imine (C=N–C) groups is 1. The lowest BCUT2D eigenvalue weighted by Crippen LogP contribution is -2.57. The molecule has 1 aromatic rings. The van der Waals surface area contributed by atoms with E-state index in [1.165, 1.54) is 12.1 Å². The Morgan fingerprint density at radius 1 is 1.36 bits per heavy atom. The highest BCUT2D eigenvalue weighted by molar-refractivity contribution is 14.0. The van der Waals surface area contributed by atoms with E-state index in [9.17, 15) is 18.5 Å². The largest absolute Gasteiger partial charge is 0.352 e. The standard InChI is InChI=1S/C15H22N4O4S.HI/c1-15(2)11-18(8-9-24(15,22)23)14(16-3)17-10-12-4-6-13(7-5-12)19(20)21;/h4-7H,8-11H2,1-3H3,(H,16,17);1H. The van der Waals surface area contributed by atoms with Gasteiger partial charge in [0.15, 0.2) is 15.8 Å². The topological polar surface area (TPSA) is 105 Å². The Morgan fingerprint density at radius 3 is 2.44 bits per heavy atom. The number of non-ortho nitro benzene ring substituents is 1. The minimum atomic E-state index is -3.10. The number of nitro groups is 1. The summed E-state index contributed by atoms with van der Waals surface area (Å²) in [4.78, 5) is 16.4. The molecule has 0 radical (unpaired) electrons. The van der Waals surface area contributed by atoms with Crippen molar-refractivity contribution in [2.45, 2.75) is 25.1 Å². The SMILES string of the molecule is CN=C(NCc1ccc([N+](=O)[O-])cc1)N1CCS(=O)(=O)C(C)(C)C1.I. The fraction of sp³-hybridized carbons (Fsp3) is 0.533. The summed E-state index contributed by atoms with van der Waals surface area (Å²) >= 11 is 0. The number of hydrogen-bond acceptors (Lipinski definition) is 5. The van der Waals surface area contributed by atoms with Crippen LogP contribution in [0.1, 0.15) is 19.4 Å². The van der Waals surface area contributed by atoms with E-state index in [4.69, 9.17) is 0 Å². The second-order valence-corrected chi connectivity index (χ2v) is 9.07. The van der Waals surface area contributed by atoms with E-state index in [1.807, 2.05) is 4.90 Å². The highest BCUT2D eigenvalue weighted by Crippen LogP contribution is 2.23. The van der Waals surface area contributed by atoms with Crippen molar-refractivity contribution in [2.75, 3.05) is 25.9 Å². The van der Waals surface area contributed by atoms with Gasteiger partial charge >= 0.3 is 0 Å². The van der Waals surface area contributed by atoms with Gasteiger partial charge in [-0.1, -0.05) is 12.1 Å². The quantitative estimate of drug-likeness (QED) is 0.232. The number of nitrogens with one attached hydrogen (secondary N) is 1. The van der Waals surface area contributed by atoms with Crippen molar-refractivity contribution in [3.05, 3.63) is 39.9 Å². The smallest absolute Gasteiger partial charge is 0.269 e. The van der Waals surface area contributed by atoms with Crippen LogP contribution in [0.15, 0.2) is 29.3 Å². The lowest BCUT2D eigenvalue weighted by atomic mass is 10.2. The van der Waals surface area contributed by atoms with Gasteiger partial charge in [0.1, 0.15) is 0 Å². The average molecular weight is 482 g/mol. The van der Waals surface area contributed by atoms with Gasteiger partial charge < -0.3 is 10.2 Å². The molecule has 1 heterocycles. The number of nitro benzene ring substituents is 1. The number of hydrogen-bond donors (Lipinski definition) is 1. The van der Waals surface area contributed by atoms with Gasteiger partial charge in [0.05, 0.1) is 15.4 Å². The molecule has 0 saturated carbocycles. The van der Waals surface area contributed by atoms with Crippen molar-refractivity contribution in [1.29, 1.82) is 0 Å². The molecule has 0 atom stereocenters. The van der Waals surface area contributed by atoms with Gasteiger partial charge in [0.25, 0.3) is 5.69 Å². The first-order chi connectivity index (χ1) is 11.2. The van der Waals surface area contributed by atoms with E-state index < -0.39 is 19.5 Å². The van der Waals surface area contributed by atoms with Gasteiger partial charge in [0.2, 0.25) is 0 Å². The van der Waals surface area contributed by atoms with Crippen molar-refractivity contribution >= 4 is 45.5 Å². The molecule has 25 heavy (non-hydrogen) atoms. The number of rotatable bonds is 3. The summed E-state index contributed by atoms with van der Waals surface area (Å²) in [6, 6.07) is 6.28. The van der Waals surface area contributed by atoms with Crippen LogP contribution in [0.4, 0.5) is 5.69 Å². The molecule has 1 aliphatic heterocycles. The van der Waals surface area contributed by atoms with Crippen LogP contribution in [-0.4, -0.2) is 54.8 Å². The summed E-state index contributed by atoms with van der Waals surface area (Å²) in [5.41, 5.74) is 0.928. The highest BCUT2D eigenvalue weighted by atomic mass is 127. The van der Waals surface area contributed by atoms with E-state index in [0.29, 0.717) is 25.6 Å². The summed E-state index contributed by atoms with van der Waals surface area (Å²) in [5.74, 6) is 0.717. The van der Waals surface area contributed by atoms with Crippen molar-refractivity contribution in [3.63, 3.8) is 0 Å². The van der Waals surface area contributed by atoms with Crippen LogP contribution >= 0.6 is 24.0 Å². The molecule has 10 heteroatoms. The van der Waals surface area contributed by atoms with Crippen LogP contribution in [-0.2, 0) is 16.4 Å². The number of halogens is 1. The van der Waals surface area contributed by atoms with E-state index in [1.54, 1.807) is 33.0 Å². The Kier molecular flexibility index (Phi) is 7.18. The fourth-order valence-electron chi connectivity index (χ4n) is 2.57. The first-order valence-electron chi connectivity index (χ1n) is 7.57. The molecule has 140 valence electrons. The second-order valence-electron chi connectivity index (χ2n) is 6.32. The zero-order valence-electron chi connectivity index (χ0n) is 14.4. The summed E-state index contributed by atoms with van der Waals surface area (Å²) in [6.07, 6.45) is 0. The molecule has 1 saturated heterocycles. The summed E-state index contributed by atoms with van der Waals surface area (Å²) < 4.78 is 23.3. The monoisotopic (exact) mass is 482 g/mol. The molecule has 1 N–H and O–H groups in total. The van der Waals surface area contributed by atoms with Crippen LogP contribution in [0.3, 0.4) is 0 Å². The Labute approximate surface area is 164 Å². The van der Waals surface area contributed by atoms with Crippen molar-refractivity contribution in [2.24, 2.45) is 4.99 Å². The predicted molar refractivity (Wildman–Crippen MR) is 108 cm³/mol. The van der Waals surface area contributed by atoms with E-state index in [-0.39, 0.29) is 35.4 Å². The van der Waals surface area contributed by atoms with E-state index in [0.717, 1.165) is 5.56 Å². The molecule has 2 rings (SSSR count). The zero-order valence-corrected chi connectivity index (χ0v) is 17.6. The third kappa shape index (κ3) is 5.03. The number of sulfone groups is 1. The van der Waals surface area contributed by atoms with Gasteiger partial charge in [0, 0.05) is 38.8 Å². The second kappa shape index (κ2) is 8.30. The summed E-state index contributed by atoms with van der Waals surface area (Å²) in [5, 5.41) is 13.8. The van der Waals surface area contributed by atoms with Gasteiger partial charge in [-0.25, -0.2) is 8.42 Å². The minimum absolute atomic E-state index is 0. The maximum Gasteiger partial charge on any atom is 0.269 e. The first kappa shape index (κ1) is 21.6. The molecule has 1 aliphatic rings. The van der Waals surface area contributed by atoms with Crippen LogP contribution in [0.2, 0.25) is 0 Å². The maximum atomic E-state index is 12.1. The van der Waals surface area contributed by atoms with Crippen molar-refractivity contribution in [1.82, 2.24) is 10.2 Å². The average Bonchev–Trinajstić information content (AvgIpc) is 2.51. The highest BCUT2D eigenvalue weighted by Gasteiger charge is 2.40. The van der Waals surface area contributed by atoms with Gasteiger partial charge in [-0.2, -0.15) is 0 Å². The van der Waals surface area contributed by atoms with Gasteiger partial charge in [-0.3, -0.25) is 15.1 Å². The van der Waals surface area contributed by atoms with Crippen LogP contribution < -0.4 is 5.32 Å². The van der Waals surface area contributed by atoms with Gasteiger partial charge in [-0.05, 0) is 19.4 Å². The Morgan fingerprint density at radius 2 is 1.96 bits per heavy atom. The van der Waals surface area contributed by atoms with Crippen LogP contribution in [0, 0.1) is 10.1 Å². The molecular formula is C15H23IN4O4S. The molecule has 0 amide bonds. The van der Waals surface area contributed by atoms with Crippen LogP contribution in [0.25, 0.3) is 0 Å². The molecule has 1 aromatic carbocycles. The normalized spacial score (nSPS) is 19.0. The van der Waals surface area contributed by atoms with Crippen molar-refractivity contribution < 1.29 is 13.3 Å². The minimum Gasteiger partial charge on any atom is -0.352 e. The van der Waals surface area contributed by atoms with Crippen LogP contribution in [0.5, 0.6) is 0 Å². The maximum absolute atomic E-state index is 12.1. The number of guanidine groups is 1. The molecule has 0 aromatic heterocycles. The van der Waals surface area contributed by atoms with Crippen molar-refractivity contribution in [3.8, 4) is 0 Å². The predicted octanol–water partition coefficient (Wildman–Crippen LogP) is 1.80. The molecule has 8 nitrogen and oxygen atoms in total. The van der Waals surface area contributed by atoms with Gasteiger partial charge in [-0.15, -0.1) is 24.0 Å². The Bertz CT molecular complexity index is 747. The third-order valence-corrected chi connectivity index (χ3v) is 6.69. The molecular weight excluding hydrogens is 459 g/mol. The molecule has 0 spiro atoms. The Balaban J connectivity index is 0.00000312. The molecule has 0 aliphatic carbocycles. The number of nitrogens with zero attached hydrogens (tertiary/aromatic N) is 3.